The minimum Gasteiger partial charge on any atom is -0.457 e. The first-order valence-corrected chi connectivity index (χ1v) is 12.4. The van der Waals surface area contributed by atoms with Crippen LogP contribution in [-0.4, -0.2) is 47.3 Å². The number of benzene rings is 2. The molecule has 0 spiro atoms. The first-order valence-electron chi connectivity index (χ1n) is 11.6. The van der Waals surface area contributed by atoms with Gasteiger partial charge in [-0.05, 0) is 48.9 Å². The van der Waals surface area contributed by atoms with Crippen molar-refractivity contribution in [1.29, 1.82) is 0 Å². The zero-order valence-corrected chi connectivity index (χ0v) is 20.1. The van der Waals surface area contributed by atoms with E-state index in [1.807, 2.05) is 55.5 Å². The molecule has 0 saturated carbocycles. The second kappa shape index (κ2) is 8.90. The van der Waals surface area contributed by atoms with Crippen LogP contribution in [0.25, 0.3) is 10.2 Å². The SMILES string of the molecule is Cc1cc(Oc2ccccc2)ccc1N1C(=O)Nc2c(C(=O)N[C@H]3CNC[C@@H]3O)sc3nccc1c23. The van der Waals surface area contributed by atoms with E-state index in [-0.39, 0.29) is 11.9 Å². The second-order valence-electron chi connectivity index (χ2n) is 8.75. The molecule has 4 N–H and O–H groups in total. The van der Waals surface area contributed by atoms with Crippen LogP contribution in [0.1, 0.15) is 15.2 Å². The monoisotopic (exact) mass is 501 g/mol. The van der Waals surface area contributed by atoms with Crippen LogP contribution in [0.2, 0.25) is 0 Å². The van der Waals surface area contributed by atoms with Gasteiger partial charge in [-0.15, -0.1) is 11.3 Å². The summed E-state index contributed by atoms with van der Waals surface area (Å²) in [5.74, 6) is 1.04. The lowest BCUT2D eigenvalue weighted by atomic mass is 10.1. The van der Waals surface area contributed by atoms with Crippen LogP contribution in [0.5, 0.6) is 11.5 Å². The molecule has 4 aromatic rings. The van der Waals surface area contributed by atoms with Crippen molar-refractivity contribution in [2.45, 2.75) is 19.1 Å². The number of nitrogens with zero attached hydrogens (tertiary/aromatic N) is 2. The number of aliphatic hydroxyl groups is 1. The van der Waals surface area contributed by atoms with Crippen molar-refractivity contribution in [3.63, 3.8) is 0 Å². The topological polar surface area (TPSA) is 116 Å². The molecule has 2 aliphatic rings. The van der Waals surface area contributed by atoms with Gasteiger partial charge in [0.1, 0.15) is 21.2 Å². The molecule has 2 atom stereocenters. The van der Waals surface area contributed by atoms with Crippen LogP contribution in [0, 0.1) is 6.92 Å². The summed E-state index contributed by atoms with van der Waals surface area (Å²) in [7, 11) is 0. The summed E-state index contributed by atoms with van der Waals surface area (Å²) in [5.41, 5.74) is 2.64. The van der Waals surface area contributed by atoms with Crippen molar-refractivity contribution < 1.29 is 19.4 Å². The van der Waals surface area contributed by atoms with Crippen LogP contribution < -0.4 is 25.6 Å². The lowest BCUT2D eigenvalue weighted by Crippen LogP contribution is -2.43. The fourth-order valence-corrected chi connectivity index (χ4v) is 5.62. The van der Waals surface area contributed by atoms with Gasteiger partial charge in [0, 0.05) is 19.3 Å². The van der Waals surface area contributed by atoms with Gasteiger partial charge in [-0.25, -0.2) is 9.78 Å². The molecule has 3 amide bonds. The molecule has 2 aromatic carbocycles. The summed E-state index contributed by atoms with van der Waals surface area (Å²) in [6.45, 7) is 2.83. The minimum absolute atomic E-state index is 0.348. The van der Waals surface area contributed by atoms with E-state index < -0.39 is 12.1 Å². The molecule has 10 heteroatoms. The molecule has 0 bridgehead atoms. The molecule has 182 valence electrons. The van der Waals surface area contributed by atoms with Gasteiger partial charge < -0.3 is 25.8 Å². The third-order valence-electron chi connectivity index (χ3n) is 6.34. The Kier molecular flexibility index (Phi) is 5.56. The zero-order chi connectivity index (χ0) is 24.8. The smallest absolute Gasteiger partial charge is 0.331 e. The van der Waals surface area contributed by atoms with Crippen molar-refractivity contribution >= 4 is 50.6 Å². The molecule has 6 rings (SSSR count). The summed E-state index contributed by atoms with van der Waals surface area (Å²) >= 11 is 1.22. The van der Waals surface area contributed by atoms with Crippen LogP contribution in [0.15, 0.2) is 60.8 Å². The number of nitrogens with one attached hydrogen (secondary N) is 3. The summed E-state index contributed by atoms with van der Waals surface area (Å²) in [6, 6.07) is 16.1. The summed E-state index contributed by atoms with van der Waals surface area (Å²) < 4.78 is 5.94. The molecular formula is C26H23N5O4S. The Hall–Kier alpha value is -3.99. The Bertz CT molecular complexity index is 1490. The Morgan fingerprint density at radius 3 is 2.72 bits per heavy atom. The van der Waals surface area contributed by atoms with E-state index in [0.29, 0.717) is 51.0 Å². The number of amides is 3. The van der Waals surface area contributed by atoms with Crippen LogP contribution in [0.4, 0.5) is 21.9 Å². The van der Waals surface area contributed by atoms with Gasteiger partial charge in [0.15, 0.2) is 0 Å². The number of thiophene rings is 1. The van der Waals surface area contributed by atoms with Crippen LogP contribution >= 0.6 is 11.3 Å². The first kappa shape index (κ1) is 22.5. The highest BCUT2D eigenvalue weighted by molar-refractivity contribution is 7.21. The van der Waals surface area contributed by atoms with Gasteiger partial charge in [0.25, 0.3) is 5.91 Å². The molecule has 1 saturated heterocycles. The number of hydrogen-bond donors (Lipinski definition) is 4. The lowest BCUT2D eigenvalue weighted by molar-refractivity contribution is 0.0893. The number of hydrogen-bond acceptors (Lipinski definition) is 7. The predicted octanol–water partition coefficient (Wildman–Crippen LogP) is 4.14. The summed E-state index contributed by atoms with van der Waals surface area (Å²) in [6.07, 6.45) is 0.980. The molecule has 9 nitrogen and oxygen atoms in total. The van der Waals surface area contributed by atoms with Gasteiger partial charge in [0.05, 0.1) is 34.6 Å². The largest absolute Gasteiger partial charge is 0.457 e. The van der Waals surface area contributed by atoms with E-state index in [1.54, 1.807) is 17.2 Å². The minimum atomic E-state index is -0.657. The van der Waals surface area contributed by atoms with E-state index >= 15 is 0 Å². The number of aliphatic hydroxyl groups excluding tert-OH is 1. The van der Waals surface area contributed by atoms with Gasteiger partial charge >= 0.3 is 6.03 Å². The molecule has 1 fully saturated rings. The second-order valence-corrected chi connectivity index (χ2v) is 9.75. The number of ether oxygens (including phenoxy) is 1. The fourth-order valence-electron chi connectivity index (χ4n) is 4.60. The normalized spacial score (nSPS) is 18.8. The Labute approximate surface area is 210 Å². The van der Waals surface area contributed by atoms with E-state index in [1.165, 1.54) is 11.3 Å². The number of aryl methyl sites for hydroxylation is 1. The maximum absolute atomic E-state index is 13.4. The van der Waals surface area contributed by atoms with Gasteiger partial charge in [-0.1, -0.05) is 18.2 Å². The van der Waals surface area contributed by atoms with Crippen molar-refractivity contribution in [2.24, 2.45) is 0 Å². The Morgan fingerprint density at radius 2 is 1.97 bits per heavy atom. The quantitative estimate of drug-likeness (QED) is 0.327. The average molecular weight is 502 g/mol. The molecule has 2 aliphatic heterocycles. The molecule has 2 aromatic heterocycles. The fraction of sp³-hybridized carbons (Fsp3) is 0.192. The molecule has 36 heavy (non-hydrogen) atoms. The molecule has 0 radical (unpaired) electrons. The number of urea groups is 1. The number of para-hydroxylation sites is 1. The van der Waals surface area contributed by atoms with Crippen molar-refractivity contribution in [3.05, 3.63) is 71.2 Å². The lowest BCUT2D eigenvalue weighted by Gasteiger charge is -2.29. The highest BCUT2D eigenvalue weighted by Crippen LogP contribution is 2.46. The number of pyridine rings is 1. The number of β-amino-alcohol motifs (C(OH)–C–C–N with tert-alkyl or cyclic N) is 1. The predicted molar refractivity (Wildman–Crippen MR) is 139 cm³/mol. The Morgan fingerprint density at radius 1 is 1.14 bits per heavy atom. The van der Waals surface area contributed by atoms with E-state index in [2.05, 4.69) is 20.9 Å². The van der Waals surface area contributed by atoms with Gasteiger partial charge in [-0.3, -0.25) is 9.69 Å². The van der Waals surface area contributed by atoms with Crippen LogP contribution in [0.3, 0.4) is 0 Å². The maximum atomic E-state index is 13.4. The van der Waals surface area contributed by atoms with E-state index in [4.69, 9.17) is 4.74 Å². The van der Waals surface area contributed by atoms with Crippen molar-refractivity contribution in [2.75, 3.05) is 23.3 Å². The van der Waals surface area contributed by atoms with E-state index in [0.717, 1.165) is 11.3 Å². The standard InChI is InChI=1S/C26H23N5O4S/c1-14-11-16(35-15-5-3-2-4-6-15)7-8-18(14)31-19-9-10-28-25-21(19)22(30-26(31)34)23(36-25)24(33)29-17-12-27-13-20(17)32/h2-11,17,20,27,32H,12-13H2,1H3,(H,29,33)(H,30,34)/t17-,20-/m0/s1. The number of carbonyl (C=O) groups excluding carboxylic acids is 2. The number of anilines is 3. The third-order valence-corrected chi connectivity index (χ3v) is 7.44. The van der Waals surface area contributed by atoms with Crippen LogP contribution in [-0.2, 0) is 0 Å². The highest BCUT2D eigenvalue weighted by Gasteiger charge is 2.34. The summed E-state index contributed by atoms with van der Waals surface area (Å²) in [4.78, 5) is 33.5. The molecule has 0 unspecified atom stereocenters. The third kappa shape index (κ3) is 3.85. The number of aromatic nitrogens is 1. The Balaban J connectivity index is 1.35. The molecular weight excluding hydrogens is 478 g/mol. The summed E-state index contributed by atoms with van der Waals surface area (Å²) in [5, 5.41) is 19.6. The van der Waals surface area contributed by atoms with Gasteiger partial charge in [0.2, 0.25) is 0 Å². The molecule has 0 aliphatic carbocycles. The maximum Gasteiger partial charge on any atom is 0.331 e. The first-order chi connectivity index (χ1) is 17.5. The highest BCUT2D eigenvalue weighted by atomic mass is 32.1. The van der Waals surface area contributed by atoms with Crippen molar-refractivity contribution in [1.82, 2.24) is 15.6 Å². The average Bonchev–Trinajstić information content (AvgIpc) is 3.45. The number of carbonyl (C=O) groups is 2. The zero-order valence-electron chi connectivity index (χ0n) is 19.3. The van der Waals surface area contributed by atoms with Crippen molar-refractivity contribution in [3.8, 4) is 11.5 Å². The van der Waals surface area contributed by atoms with E-state index in [9.17, 15) is 14.7 Å². The molecule has 4 heterocycles. The van der Waals surface area contributed by atoms with Gasteiger partial charge in [-0.2, -0.15) is 0 Å². The number of rotatable bonds is 5.